The first kappa shape index (κ1) is 12.1. The van der Waals surface area contributed by atoms with Crippen molar-refractivity contribution in [3.05, 3.63) is 47.5 Å². The number of nitrogens with two attached hydrogens (primary N) is 1. The molecule has 0 fully saturated rings. The maximum Gasteiger partial charge on any atom is 0.261 e. The van der Waals surface area contributed by atoms with E-state index in [0.29, 0.717) is 10.9 Å². The topological polar surface area (TPSA) is 52.0 Å². The van der Waals surface area contributed by atoms with E-state index in [9.17, 15) is 0 Å². The van der Waals surface area contributed by atoms with E-state index in [4.69, 9.17) is 10.2 Å². The lowest BCUT2D eigenvalue weighted by Crippen LogP contribution is -1.82. The summed E-state index contributed by atoms with van der Waals surface area (Å²) in [4.78, 5) is 5.63. The first-order valence-electron chi connectivity index (χ1n) is 6.03. The molecule has 4 heteroatoms. The van der Waals surface area contributed by atoms with Crippen LogP contribution in [0.5, 0.6) is 0 Å². The van der Waals surface area contributed by atoms with Gasteiger partial charge in [-0.1, -0.05) is 12.1 Å². The lowest BCUT2D eigenvalue weighted by atomic mass is 10.2. The smallest absolute Gasteiger partial charge is 0.261 e. The molecule has 0 saturated heterocycles. The van der Waals surface area contributed by atoms with Crippen molar-refractivity contribution < 1.29 is 4.42 Å². The number of aromatic nitrogens is 1. The van der Waals surface area contributed by atoms with Crippen LogP contribution in [0.15, 0.2) is 50.9 Å². The molecule has 0 bridgehead atoms. The summed E-state index contributed by atoms with van der Waals surface area (Å²) in [5.41, 5.74) is 10.4. The number of aryl methyl sites for hydroxylation is 2. The zero-order valence-corrected chi connectivity index (χ0v) is 11.6. The van der Waals surface area contributed by atoms with Crippen LogP contribution in [0.1, 0.15) is 11.1 Å². The van der Waals surface area contributed by atoms with Crippen molar-refractivity contribution in [2.75, 3.05) is 5.73 Å². The van der Waals surface area contributed by atoms with E-state index in [1.54, 1.807) is 17.8 Å². The minimum Gasteiger partial charge on any atom is -0.431 e. The first-order valence-corrected chi connectivity index (χ1v) is 6.84. The van der Waals surface area contributed by atoms with Gasteiger partial charge >= 0.3 is 0 Å². The van der Waals surface area contributed by atoms with Crippen molar-refractivity contribution in [3.8, 4) is 0 Å². The van der Waals surface area contributed by atoms with Gasteiger partial charge in [0, 0.05) is 16.6 Å². The van der Waals surface area contributed by atoms with Crippen molar-refractivity contribution in [1.29, 1.82) is 0 Å². The Labute approximate surface area is 115 Å². The van der Waals surface area contributed by atoms with E-state index in [1.165, 1.54) is 16.0 Å². The lowest BCUT2D eigenvalue weighted by Gasteiger charge is -2.03. The van der Waals surface area contributed by atoms with E-state index in [-0.39, 0.29) is 0 Å². The minimum absolute atomic E-state index is 0.648. The van der Waals surface area contributed by atoms with E-state index >= 15 is 0 Å². The van der Waals surface area contributed by atoms with Crippen LogP contribution in [0.3, 0.4) is 0 Å². The average Bonchev–Trinajstić information content (AvgIpc) is 2.75. The van der Waals surface area contributed by atoms with Crippen molar-refractivity contribution in [1.82, 2.24) is 4.98 Å². The largest absolute Gasteiger partial charge is 0.431 e. The van der Waals surface area contributed by atoms with Gasteiger partial charge in [0.25, 0.3) is 5.22 Å². The third-order valence-electron chi connectivity index (χ3n) is 2.93. The fraction of sp³-hybridized carbons (Fsp3) is 0.133. The van der Waals surface area contributed by atoms with E-state index in [0.717, 1.165) is 11.1 Å². The van der Waals surface area contributed by atoms with Crippen LogP contribution < -0.4 is 5.73 Å². The number of fused-ring (bicyclic) bond motifs is 1. The SMILES string of the molecule is Cc1ccc(C)c(Sc2nc3ccc(N)cc3o2)c1. The Morgan fingerprint density at radius 1 is 1.11 bits per heavy atom. The van der Waals surface area contributed by atoms with Crippen molar-refractivity contribution in [3.63, 3.8) is 0 Å². The van der Waals surface area contributed by atoms with Crippen LogP contribution in [0.2, 0.25) is 0 Å². The second-order valence-corrected chi connectivity index (χ2v) is 5.57. The lowest BCUT2D eigenvalue weighted by molar-refractivity contribution is 0.489. The first-order chi connectivity index (χ1) is 9.11. The molecule has 0 spiro atoms. The molecule has 3 aromatic rings. The van der Waals surface area contributed by atoms with Crippen molar-refractivity contribution >= 4 is 28.5 Å². The highest BCUT2D eigenvalue weighted by molar-refractivity contribution is 7.99. The highest BCUT2D eigenvalue weighted by Gasteiger charge is 2.09. The van der Waals surface area contributed by atoms with Gasteiger partial charge in [0.05, 0.1) is 0 Å². The third kappa shape index (κ3) is 2.44. The molecule has 2 N–H and O–H groups in total. The van der Waals surface area contributed by atoms with Gasteiger partial charge in [-0.2, -0.15) is 0 Å². The minimum atomic E-state index is 0.648. The third-order valence-corrected chi connectivity index (χ3v) is 3.94. The maximum absolute atomic E-state index is 5.74. The highest BCUT2D eigenvalue weighted by Crippen LogP contribution is 2.32. The summed E-state index contributed by atoms with van der Waals surface area (Å²) in [6.45, 7) is 4.17. The molecule has 0 aliphatic heterocycles. The predicted octanol–water partition coefficient (Wildman–Crippen LogP) is 4.18. The fourth-order valence-corrected chi connectivity index (χ4v) is 2.81. The zero-order valence-electron chi connectivity index (χ0n) is 10.8. The van der Waals surface area contributed by atoms with Gasteiger partial charge < -0.3 is 10.2 Å². The summed E-state index contributed by atoms with van der Waals surface area (Å²) in [5.74, 6) is 0. The summed E-state index contributed by atoms with van der Waals surface area (Å²) in [6, 6.07) is 11.9. The van der Waals surface area contributed by atoms with E-state index in [2.05, 4.69) is 37.0 Å². The molecule has 2 aromatic carbocycles. The fourth-order valence-electron chi connectivity index (χ4n) is 1.88. The molecule has 0 unspecified atom stereocenters. The number of nitrogens with zero attached hydrogens (tertiary/aromatic N) is 1. The van der Waals surface area contributed by atoms with Gasteiger partial charge in [0.15, 0.2) is 5.58 Å². The normalized spacial score (nSPS) is 11.1. The zero-order chi connectivity index (χ0) is 13.4. The monoisotopic (exact) mass is 270 g/mol. The number of hydrogen-bond acceptors (Lipinski definition) is 4. The van der Waals surface area contributed by atoms with Crippen molar-refractivity contribution in [2.45, 2.75) is 24.0 Å². The molecule has 3 nitrogen and oxygen atoms in total. The summed E-state index contributed by atoms with van der Waals surface area (Å²) >= 11 is 1.54. The predicted molar refractivity (Wildman–Crippen MR) is 78.5 cm³/mol. The Morgan fingerprint density at radius 3 is 2.79 bits per heavy atom. The number of anilines is 1. The van der Waals surface area contributed by atoms with Gasteiger partial charge in [0.2, 0.25) is 0 Å². The van der Waals surface area contributed by atoms with Gasteiger partial charge in [-0.15, -0.1) is 0 Å². The molecule has 0 aliphatic carbocycles. The Hall–Kier alpha value is -1.94. The number of hydrogen-bond donors (Lipinski definition) is 1. The molecule has 0 atom stereocenters. The molecule has 1 heterocycles. The van der Waals surface area contributed by atoms with Crippen LogP contribution in [0.25, 0.3) is 11.1 Å². The number of nitrogen functional groups attached to an aromatic ring is 1. The summed E-state index contributed by atoms with van der Waals surface area (Å²) in [7, 11) is 0. The number of rotatable bonds is 2. The quantitative estimate of drug-likeness (QED) is 0.710. The Balaban J connectivity index is 1.98. The summed E-state index contributed by atoms with van der Waals surface area (Å²) < 4.78 is 5.72. The molecule has 1 aromatic heterocycles. The van der Waals surface area contributed by atoms with Crippen LogP contribution in [0, 0.1) is 13.8 Å². The molecule has 0 radical (unpaired) electrons. The number of benzene rings is 2. The van der Waals surface area contributed by atoms with Gasteiger partial charge in [-0.05, 0) is 54.9 Å². The Bertz CT molecular complexity index is 749. The molecular formula is C15H14N2OS. The molecule has 3 rings (SSSR count). The highest BCUT2D eigenvalue weighted by atomic mass is 32.2. The molecule has 0 aliphatic rings. The van der Waals surface area contributed by atoms with Crippen LogP contribution >= 0.6 is 11.8 Å². The van der Waals surface area contributed by atoms with Gasteiger partial charge in [-0.25, -0.2) is 4.98 Å². The van der Waals surface area contributed by atoms with Crippen molar-refractivity contribution in [2.24, 2.45) is 0 Å². The summed E-state index contributed by atoms with van der Waals surface area (Å²) in [6.07, 6.45) is 0. The standard InChI is InChI=1S/C15H14N2OS/c1-9-3-4-10(2)14(7-9)19-15-17-12-6-5-11(16)8-13(12)18-15/h3-8H,16H2,1-2H3. The van der Waals surface area contributed by atoms with Gasteiger partial charge in [-0.3, -0.25) is 0 Å². The van der Waals surface area contributed by atoms with Crippen LogP contribution in [-0.4, -0.2) is 4.98 Å². The molecular weight excluding hydrogens is 256 g/mol. The Morgan fingerprint density at radius 2 is 1.95 bits per heavy atom. The molecule has 0 saturated carbocycles. The summed E-state index contributed by atoms with van der Waals surface area (Å²) in [5, 5.41) is 0.648. The van der Waals surface area contributed by atoms with Crippen LogP contribution in [-0.2, 0) is 0 Å². The molecule has 96 valence electrons. The number of oxazole rings is 1. The average molecular weight is 270 g/mol. The van der Waals surface area contributed by atoms with E-state index < -0.39 is 0 Å². The molecule has 19 heavy (non-hydrogen) atoms. The second kappa shape index (κ2) is 4.63. The maximum atomic E-state index is 5.74. The Kier molecular flexibility index (Phi) is 2.95. The van der Waals surface area contributed by atoms with Gasteiger partial charge in [0.1, 0.15) is 5.52 Å². The van der Waals surface area contributed by atoms with E-state index in [1.807, 2.05) is 12.1 Å². The second-order valence-electron chi connectivity index (χ2n) is 4.58. The van der Waals surface area contributed by atoms with Crippen LogP contribution in [0.4, 0.5) is 5.69 Å². The molecule has 0 amide bonds.